The third kappa shape index (κ3) is 2.95. The van der Waals surface area contributed by atoms with Crippen LogP contribution in [-0.4, -0.2) is 27.2 Å². The SMILES string of the molecule is COc1cc(NC(=O)C23CC4CC(C)(CC(C)(C4)C2)C3)cc(OC)c1OC. The molecule has 0 radical (unpaired) electrons. The quantitative estimate of drug-likeness (QED) is 0.816. The first-order valence-electron chi connectivity index (χ1n) is 9.85. The van der Waals surface area contributed by atoms with Gasteiger partial charge in [0.05, 0.1) is 26.7 Å². The van der Waals surface area contributed by atoms with E-state index in [9.17, 15) is 4.79 Å². The Hall–Kier alpha value is -1.91. The Labute approximate surface area is 161 Å². The van der Waals surface area contributed by atoms with Crippen molar-refractivity contribution in [2.45, 2.75) is 52.4 Å². The number of anilines is 1. The average molecular weight is 373 g/mol. The minimum absolute atomic E-state index is 0.151. The van der Waals surface area contributed by atoms with Gasteiger partial charge in [0.15, 0.2) is 11.5 Å². The highest BCUT2D eigenvalue weighted by atomic mass is 16.5. The number of carbonyl (C=O) groups is 1. The molecule has 2 unspecified atom stereocenters. The van der Waals surface area contributed by atoms with Crippen molar-refractivity contribution in [3.8, 4) is 17.2 Å². The molecule has 1 aromatic rings. The molecule has 5 rings (SSSR count). The lowest BCUT2D eigenvalue weighted by Crippen LogP contribution is -2.58. The van der Waals surface area contributed by atoms with Crippen LogP contribution in [-0.2, 0) is 4.79 Å². The van der Waals surface area contributed by atoms with Gasteiger partial charge in [-0.05, 0) is 55.3 Å². The van der Waals surface area contributed by atoms with Gasteiger partial charge in [0.25, 0.3) is 0 Å². The van der Waals surface area contributed by atoms with Crippen LogP contribution in [0.2, 0.25) is 0 Å². The van der Waals surface area contributed by atoms with Crippen LogP contribution in [0, 0.1) is 22.2 Å². The Morgan fingerprint density at radius 1 is 0.926 bits per heavy atom. The van der Waals surface area contributed by atoms with Crippen molar-refractivity contribution in [2.24, 2.45) is 22.2 Å². The van der Waals surface area contributed by atoms with Gasteiger partial charge in [0.2, 0.25) is 11.7 Å². The van der Waals surface area contributed by atoms with Crippen LogP contribution in [0.5, 0.6) is 17.2 Å². The Morgan fingerprint density at radius 3 is 1.93 bits per heavy atom. The van der Waals surface area contributed by atoms with E-state index >= 15 is 0 Å². The van der Waals surface area contributed by atoms with Gasteiger partial charge in [-0.2, -0.15) is 0 Å². The average Bonchev–Trinajstić information content (AvgIpc) is 2.57. The van der Waals surface area contributed by atoms with Gasteiger partial charge in [0.1, 0.15) is 0 Å². The molecule has 27 heavy (non-hydrogen) atoms. The fourth-order valence-corrected chi connectivity index (χ4v) is 7.12. The maximum Gasteiger partial charge on any atom is 0.230 e. The summed E-state index contributed by atoms with van der Waals surface area (Å²) in [5, 5.41) is 3.18. The van der Waals surface area contributed by atoms with E-state index in [0.717, 1.165) is 19.3 Å². The topological polar surface area (TPSA) is 56.8 Å². The number of hydrogen-bond acceptors (Lipinski definition) is 4. The molecule has 0 aliphatic heterocycles. The maximum absolute atomic E-state index is 13.5. The van der Waals surface area contributed by atoms with Crippen molar-refractivity contribution in [3.05, 3.63) is 12.1 Å². The van der Waals surface area contributed by atoms with E-state index < -0.39 is 0 Å². The summed E-state index contributed by atoms with van der Waals surface area (Å²) in [5.41, 5.74) is 1.06. The van der Waals surface area contributed by atoms with Crippen LogP contribution in [0.25, 0.3) is 0 Å². The molecule has 0 spiro atoms. The second-order valence-electron chi connectivity index (χ2n) is 9.78. The van der Waals surface area contributed by atoms with Crippen LogP contribution in [0.3, 0.4) is 0 Å². The van der Waals surface area contributed by atoms with Crippen molar-refractivity contribution < 1.29 is 19.0 Å². The molecule has 0 heterocycles. The summed E-state index contributed by atoms with van der Waals surface area (Å²) in [6.45, 7) is 4.77. The van der Waals surface area contributed by atoms with E-state index in [1.165, 1.54) is 19.3 Å². The Balaban J connectivity index is 1.63. The van der Waals surface area contributed by atoms with Crippen LogP contribution in [0.15, 0.2) is 12.1 Å². The van der Waals surface area contributed by atoms with Crippen LogP contribution < -0.4 is 19.5 Å². The third-order valence-corrected chi connectivity index (χ3v) is 7.03. The maximum atomic E-state index is 13.5. The van der Waals surface area contributed by atoms with Crippen LogP contribution in [0.1, 0.15) is 52.4 Å². The second-order valence-corrected chi connectivity index (χ2v) is 9.78. The molecule has 4 aliphatic carbocycles. The van der Waals surface area contributed by atoms with Gasteiger partial charge in [-0.25, -0.2) is 0 Å². The first kappa shape index (κ1) is 18.5. The number of rotatable bonds is 5. The van der Waals surface area contributed by atoms with Gasteiger partial charge >= 0.3 is 0 Å². The van der Waals surface area contributed by atoms with E-state index in [4.69, 9.17) is 14.2 Å². The lowest BCUT2D eigenvalue weighted by atomic mass is 9.40. The first-order valence-corrected chi connectivity index (χ1v) is 9.85. The van der Waals surface area contributed by atoms with E-state index in [1.807, 2.05) is 12.1 Å². The monoisotopic (exact) mass is 373 g/mol. The second kappa shape index (κ2) is 6.05. The summed E-state index contributed by atoms with van der Waals surface area (Å²) < 4.78 is 16.2. The number of methoxy groups -OCH3 is 3. The van der Waals surface area contributed by atoms with Gasteiger partial charge in [0, 0.05) is 17.8 Å². The molecule has 1 aromatic carbocycles. The smallest absolute Gasteiger partial charge is 0.230 e. The highest BCUT2D eigenvalue weighted by Crippen LogP contribution is 2.69. The zero-order valence-corrected chi connectivity index (χ0v) is 17.1. The molecule has 4 aliphatic rings. The molecule has 5 nitrogen and oxygen atoms in total. The summed E-state index contributed by atoms with van der Waals surface area (Å²) in [4.78, 5) is 13.5. The molecule has 1 amide bonds. The fraction of sp³-hybridized carbons (Fsp3) is 0.682. The van der Waals surface area contributed by atoms with Crippen molar-refractivity contribution in [2.75, 3.05) is 26.6 Å². The molecule has 4 saturated carbocycles. The zero-order valence-electron chi connectivity index (χ0n) is 17.1. The Morgan fingerprint density at radius 2 is 1.48 bits per heavy atom. The zero-order chi connectivity index (χ0) is 19.4. The predicted molar refractivity (Wildman–Crippen MR) is 105 cm³/mol. The lowest BCUT2D eigenvalue weighted by Gasteiger charge is -2.64. The summed E-state index contributed by atoms with van der Waals surface area (Å²) in [7, 11) is 4.75. The van der Waals surface area contributed by atoms with Crippen molar-refractivity contribution in [1.82, 2.24) is 0 Å². The molecule has 5 heteroatoms. The number of ether oxygens (including phenoxy) is 3. The van der Waals surface area contributed by atoms with Crippen molar-refractivity contribution in [1.29, 1.82) is 0 Å². The molecule has 0 saturated heterocycles. The van der Waals surface area contributed by atoms with E-state index in [1.54, 1.807) is 21.3 Å². The highest BCUT2D eigenvalue weighted by Gasteiger charge is 2.62. The minimum atomic E-state index is -0.247. The molecule has 4 fully saturated rings. The van der Waals surface area contributed by atoms with Gasteiger partial charge in [-0.1, -0.05) is 13.8 Å². The van der Waals surface area contributed by atoms with Crippen LogP contribution in [0.4, 0.5) is 5.69 Å². The first-order chi connectivity index (χ1) is 12.7. The van der Waals surface area contributed by atoms with Crippen molar-refractivity contribution >= 4 is 11.6 Å². The van der Waals surface area contributed by atoms with Crippen LogP contribution >= 0.6 is 0 Å². The standard InChI is InChI=1S/C22H31NO4/c1-20-8-14-9-21(2,11-20)13-22(10-14,12-20)19(24)23-15-6-16(25-3)18(27-5)17(7-15)26-4/h6-7,14H,8-13H2,1-5H3,(H,23,24). The van der Waals surface area contributed by atoms with Gasteiger partial charge in [-0.3, -0.25) is 4.79 Å². The summed E-state index contributed by atoms with van der Waals surface area (Å²) in [6.07, 6.45) is 6.85. The largest absolute Gasteiger partial charge is 0.493 e. The fourth-order valence-electron chi connectivity index (χ4n) is 7.12. The van der Waals surface area contributed by atoms with E-state index in [2.05, 4.69) is 19.2 Å². The number of nitrogens with one attached hydrogen (secondary N) is 1. The molecule has 2 atom stereocenters. The van der Waals surface area contributed by atoms with Gasteiger partial charge < -0.3 is 19.5 Å². The summed E-state index contributed by atoms with van der Waals surface area (Å²) in [6, 6.07) is 3.62. The number of carbonyl (C=O) groups excluding carboxylic acids is 1. The predicted octanol–water partition coefficient (Wildman–Crippen LogP) is 4.65. The molecule has 4 bridgehead atoms. The molecular weight excluding hydrogens is 342 g/mol. The Bertz CT molecular complexity index is 731. The van der Waals surface area contributed by atoms with Crippen molar-refractivity contribution in [3.63, 3.8) is 0 Å². The highest BCUT2D eigenvalue weighted by molar-refractivity contribution is 5.96. The molecular formula is C22H31NO4. The summed E-state index contributed by atoms with van der Waals surface area (Å²) >= 11 is 0. The lowest BCUT2D eigenvalue weighted by molar-refractivity contribution is -0.165. The van der Waals surface area contributed by atoms with E-state index in [-0.39, 0.29) is 11.3 Å². The normalized spacial score (nSPS) is 36.4. The van der Waals surface area contributed by atoms with Gasteiger partial charge in [-0.15, -0.1) is 0 Å². The molecule has 1 N–H and O–H groups in total. The molecule has 148 valence electrons. The molecule has 0 aromatic heterocycles. The Kier molecular flexibility index (Phi) is 4.13. The number of amides is 1. The number of hydrogen-bond donors (Lipinski definition) is 1. The number of benzene rings is 1. The van der Waals surface area contributed by atoms with E-state index in [0.29, 0.717) is 39.7 Å². The third-order valence-electron chi connectivity index (χ3n) is 7.03. The minimum Gasteiger partial charge on any atom is -0.493 e. The summed E-state index contributed by atoms with van der Waals surface area (Å²) in [5.74, 6) is 2.47.